The Balaban J connectivity index is 1.48. The molecule has 152 valence electrons. The molecule has 1 atom stereocenters. The predicted octanol–water partition coefficient (Wildman–Crippen LogP) is 3.94. The molecule has 0 aliphatic carbocycles. The van der Waals surface area contributed by atoms with Crippen molar-refractivity contribution in [3.05, 3.63) is 55.3 Å². The highest BCUT2D eigenvalue weighted by atomic mass is 19.1. The molecule has 1 aliphatic rings. The van der Waals surface area contributed by atoms with E-state index in [0.717, 1.165) is 25.9 Å². The summed E-state index contributed by atoms with van der Waals surface area (Å²) >= 11 is 0. The smallest absolute Gasteiger partial charge is 0.167 e. The summed E-state index contributed by atoms with van der Waals surface area (Å²) in [5.74, 6) is 0.638. The number of rotatable bonds is 5. The number of anilines is 4. The first-order chi connectivity index (χ1) is 14.8. The highest BCUT2D eigenvalue weighted by Crippen LogP contribution is 2.31. The van der Waals surface area contributed by atoms with Crippen molar-refractivity contribution < 1.29 is 9.13 Å². The molecule has 4 heterocycles. The number of fused-ring (bicyclic) bond motifs is 1. The summed E-state index contributed by atoms with van der Waals surface area (Å²) in [7, 11) is 0. The molecule has 3 aromatic heterocycles. The Labute approximate surface area is 171 Å². The van der Waals surface area contributed by atoms with Crippen molar-refractivity contribution in [2.24, 2.45) is 0 Å². The summed E-state index contributed by atoms with van der Waals surface area (Å²) in [6, 6.07) is 4.38. The van der Waals surface area contributed by atoms with Gasteiger partial charge in [0.2, 0.25) is 0 Å². The third-order valence-electron chi connectivity index (χ3n) is 4.89. The second kappa shape index (κ2) is 7.99. The lowest BCUT2D eigenvalue weighted by Gasteiger charge is -2.23. The molecule has 0 amide bonds. The number of halogens is 1. The van der Waals surface area contributed by atoms with Gasteiger partial charge >= 0.3 is 0 Å². The maximum atomic E-state index is 13.9. The average molecular weight is 406 g/mol. The lowest BCUT2D eigenvalue weighted by Crippen LogP contribution is -2.17. The van der Waals surface area contributed by atoms with E-state index >= 15 is 0 Å². The Kier molecular flexibility index (Phi) is 4.89. The first kappa shape index (κ1) is 18.4. The Morgan fingerprint density at radius 3 is 2.83 bits per heavy atom. The van der Waals surface area contributed by atoms with Gasteiger partial charge in [0, 0.05) is 19.0 Å². The van der Waals surface area contributed by atoms with Crippen molar-refractivity contribution >= 4 is 34.2 Å². The number of imidazole rings is 1. The van der Waals surface area contributed by atoms with Crippen molar-refractivity contribution in [1.29, 1.82) is 0 Å². The summed E-state index contributed by atoms with van der Waals surface area (Å²) in [4.78, 5) is 21.4. The first-order valence-electron chi connectivity index (χ1n) is 9.67. The van der Waals surface area contributed by atoms with Crippen molar-refractivity contribution in [2.75, 3.05) is 17.2 Å². The third kappa shape index (κ3) is 3.64. The van der Waals surface area contributed by atoms with E-state index in [4.69, 9.17) is 4.74 Å². The van der Waals surface area contributed by atoms with Gasteiger partial charge in [-0.1, -0.05) is 0 Å². The van der Waals surface area contributed by atoms with Crippen LogP contribution in [0.1, 0.15) is 25.5 Å². The van der Waals surface area contributed by atoms with Gasteiger partial charge in [-0.2, -0.15) is 0 Å². The topological polar surface area (TPSA) is 103 Å². The van der Waals surface area contributed by atoms with E-state index in [9.17, 15) is 4.39 Å². The van der Waals surface area contributed by atoms with Gasteiger partial charge in [-0.15, -0.1) is 0 Å². The van der Waals surface area contributed by atoms with Crippen LogP contribution in [0.5, 0.6) is 0 Å². The minimum atomic E-state index is -0.376. The Bertz CT molecular complexity index is 1160. The molecule has 1 fully saturated rings. The van der Waals surface area contributed by atoms with Crippen LogP contribution in [0, 0.1) is 5.82 Å². The zero-order valence-corrected chi connectivity index (χ0v) is 16.0. The number of benzene rings is 1. The molecule has 1 unspecified atom stereocenters. The molecule has 2 N–H and O–H groups in total. The minimum Gasteiger partial charge on any atom is -0.358 e. The molecule has 0 bridgehead atoms. The molecule has 1 aromatic carbocycles. The van der Waals surface area contributed by atoms with Gasteiger partial charge < -0.3 is 15.4 Å². The van der Waals surface area contributed by atoms with E-state index in [2.05, 4.69) is 35.6 Å². The van der Waals surface area contributed by atoms with E-state index in [1.165, 1.54) is 18.5 Å². The number of nitrogens with one attached hydrogen (secondary N) is 2. The molecular formula is C20H19FN8O. The molecule has 1 saturated heterocycles. The molecule has 0 saturated carbocycles. The molecule has 0 radical (unpaired) electrons. The number of ether oxygens (including phenoxy) is 1. The van der Waals surface area contributed by atoms with Crippen molar-refractivity contribution in [2.45, 2.75) is 25.5 Å². The maximum Gasteiger partial charge on any atom is 0.167 e. The summed E-state index contributed by atoms with van der Waals surface area (Å²) < 4.78 is 21.7. The predicted molar refractivity (Wildman–Crippen MR) is 109 cm³/mol. The number of hydrogen-bond acceptors (Lipinski definition) is 8. The minimum absolute atomic E-state index is 0.0776. The normalized spacial score (nSPS) is 16.5. The average Bonchev–Trinajstić information content (AvgIpc) is 3.22. The number of nitrogens with zero attached hydrogens (tertiary/aromatic N) is 6. The Morgan fingerprint density at radius 1 is 1.03 bits per heavy atom. The van der Waals surface area contributed by atoms with Crippen LogP contribution < -0.4 is 10.6 Å². The van der Waals surface area contributed by atoms with E-state index in [0.29, 0.717) is 34.2 Å². The molecule has 4 aromatic rings. The highest BCUT2D eigenvalue weighted by Gasteiger charge is 2.20. The molecule has 5 rings (SSSR count). The monoisotopic (exact) mass is 406 g/mol. The van der Waals surface area contributed by atoms with Crippen LogP contribution in [-0.4, -0.2) is 36.1 Å². The summed E-state index contributed by atoms with van der Waals surface area (Å²) in [6.07, 6.45) is 10.9. The van der Waals surface area contributed by atoms with Crippen LogP contribution in [0.15, 0.2) is 49.4 Å². The van der Waals surface area contributed by atoms with Crippen LogP contribution in [-0.2, 0) is 4.74 Å². The van der Waals surface area contributed by atoms with E-state index in [-0.39, 0.29) is 12.0 Å². The SMILES string of the molecule is Fc1ccc(Nc2ncnc3c2ncn3C2CCCCO2)c(Nc2cnccn2)c1. The molecule has 9 nitrogen and oxygen atoms in total. The summed E-state index contributed by atoms with van der Waals surface area (Å²) in [5, 5.41) is 6.31. The van der Waals surface area contributed by atoms with Crippen LogP contribution >= 0.6 is 0 Å². The second-order valence-corrected chi connectivity index (χ2v) is 6.90. The second-order valence-electron chi connectivity index (χ2n) is 6.90. The molecule has 0 spiro atoms. The lowest BCUT2D eigenvalue weighted by molar-refractivity contribution is -0.0298. The summed E-state index contributed by atoms with van der Waals surface area (Å²) in [5.41, 5.74) is 2.41. The van der Waals surface area contributed by atoms with Gasteiger partial charge in [-0.3, -0.25) is 9.55 Å². The van der Waals surface area contributed by atoms with Crippen LogP contribution in [0.25, 0.3) is 11.2 Å². The van der Waals surface area contributed by atoms with Crippen molar-refractivity contribution in [1.82, 2.24) is 29.5 Å². The standard InChI is InChI=1S/C20H19FN8O/c21-13-4-5-14(15(9-13)27-16-10-22-6-7-23-16)28-19-18-20(25-11-24-19)29(12-26-18)17-3-1-2-8-30-17/h4-7,9-12,17H,1-3,8H2,(H,23,27)(H,24,25,28). The first-order valence-corrected chi connectivity index (χ1v) is 9.67. The quantitative estimate of drug-likeness (QED) is 0.514. The van der Waals surface area contributed by atoms with E-state index < -0.39 is 0 Å². The molecule has 1 aliphatic heterocycles. The fourth-order valence-corrected chi connectivity index (χ4v) is 3.46. The fraction of sp³-hybridized carbons (Fsp3) is 0.250. The van der Waals surface area contributed by atoms with Gasteiger partial charge in [0.25, 0.3) is 0 Å². The molecule has 10 heteroatoms. The summed E-state index contributed by atoms with van der Waals surface area (Å²) in [6.45, 7) is 0.730. The Morgan fingerprint density at radius 2 is 2.00 bits per heavy atom. The van der Waals surface area contributed by atoms with Gasteiger partial charge in [-0.25, -0.2) is 24.3 Å². The van der Waals surface area contributed by atoms with Gasteiger partial charge in [0.05, 0.1) is 23.9 Å². The lowest BCUT2D eigenvalue weighted by atomic mass is 10.2. The zero-order valence-electron chi connectivity index (χ0n) is 16.0. The van der Waals surface area contributed by atoms with E-state index in [1.807, 2.05) is 4.57 Å². The van der Waals surface area contributed by atoms with E-state index in [1.54, 1.807) is 31.0 Å². The maximum absolute atomic E-state index is 13.9. The highest BCUT2D eigenvalue weighted by molar-refractivity contribution is 5.88. The molecular weight excluding hydrogens is 387 g/mol. The molecule has 30 heavy (non-hydrogen) atoms. The number of aromatic nitrogens is 6. The zero-order chi connectivity index (χ0) is 20.3. The van der Waals surface area contributed by atoms with Crippen LogP contribution in [0.2, 0.25) is 0 Å². The van der Waals surface area contributed by atoms with Crippen molar-refractivity contribution in [3.8, 4) is 0 Å². The third-order valence-corrected chi connectivity index (χ3v) is 4.89. The largest absolute Gasteiger partial charge is 0.358 e. The van der Waals surface area contributed by atoms with Gasteiger partial charge in [-0.05, 0) is 37.5 Å². The van der Waals surface area contributed by atoms with Crippen LogP contribution in [0.3, 0.4) is 0 Å². The van der Waals surface area contributed by atoms with Crippen LogP contribution in [0.4, 0.5) is 27.4 Å². The fourth-order valence-electron chi connectivity index (χ4n) is 3.46. The van der Waals surface area contributed by atoms with Crippen molar-refractivity contribution in [3.63, 3.8) is 0 Å². The Hall–Kier alpha value is -3.66. The number of hydrogen-bond donors (Lipinski definition) is 2. The van der Waals surface area contributed by atoms with Gasteiger partial charge in [0.15, 0.2) is 17.0 Å². The van der Waals surface area contributed by atoms with Gasteiger partial charge in [0.1, 0.15) is 24.2 Å².